The van der Waals surface area contributed by atoms with Crippen LogP contribution in [0.25, 0.3) is 21.8 Å². The van der Waals surface area contributed by atoms with Crippen LogP contribution in [0.5, 0.6) is 0 Å². The van der Waals surface area contributed by atoms with Crippen molar-refractivity contribution in [2.45, 2.75) is 0 Å². The smallest absolute Gasteiger partial charge is 0.266 e. The number of hydrogen-bond acceptors (Lipinski definition) is 5. The van der Waals surface area contributed by atoms with Gasteiger partial charge in [0.25, 0.3) is 5.91 Å². The van der Waals surface area contributed by atoms with Gasteiger partial charge in [-0.25, -0.2) is 4.98 Å². The molecule has 0 aliphatic carbocycles. The summed E-state index contributed by atoms with van der Waals surface area (Å²) in [4.78, 5) is 22.0. The molecule has 128 valence electrons. The average Bonchev–Trinajstić information content (AvgIpc) is 3.33. The van der Waals surface area contributed by atoms with Crippen molar-refractivity contribution in [3.8, 4) is 21.8 Å². The maximum Gasteiger partial charge on any atom is 0.266 e. The largest absolute Gasteiger partial charge is 0.311 e. The van der Waals surface area contributed by atoms with Crippen LogP contribution in [0, 0.1) is 0 Å². The second-order valence-corrected chi connectivity index (χ2v) is 7.76. The zero-order valence-corrected chi connectivity index (χ0v) is 15.7. The fraction of sp³-hybridized carbons (Fsp3) is 0. The first-order valence-electron chi connectivity index (χ1n) is 7.73. The molecule has 0 radical (unpaired) electrons. The van der Waals surface area contributed by atoms with E-state index in [2.05, 4.69) is 10.3 Å². The van der Waals surface area contributed by atoms with Crippen LogP contribution in [-0.2, 0) is 0 Å². The fourth-order valence-electron chi connectivity index (χ4n) is 2.39. The van der Waals surface area contributed by atoms with Gasteiger partial charge in [-0.2, -0.15) is 0 Å². The normalized spacial score (nSPS) is 10.7. The number of aromatic nitrogens is 2. The molecule has 0 aliphatic heterocycles. The first-order valence-corrected chi connectivity index (χ1v) is 9.80. The molecule has 1 N–H and O–H groups in total. The standard InChI is InChI=1S/C19H12ClN3OS2/c20-14-7-5-12(6-8-14)16-19(23-17(24)15-4-2-10-25-15)26-18(22-16)13-3-1-9-21-11-13/h1-11H,(H,23,24). The molecule has 1 aromatic carbocycles. The van der Waals surface area contributed by atoms with Gasteiger partial charge in [-0.1, -0.05) is 41.1 Å². The monoisotopic (exact) mass is 397 g/mol. The summed E-state index contributed by atoms with van der Waals surface area (Å²) in [6.45, 7) is 0. The number of nitrogens with one attached hydrogen (secondary N) is 1. The van der Waals surface area contributed by atoms with Crippen LogP contribution in [0.2, 0.25) is 5.02 Å². The van der Waals surface area contributed by atoms with Gasteiger partial charge in [-0.15, -0.1) is 11.3 Å². The lowest BCUT2D eigenvalue weighted by Crippen LogP contribution is -2.09. The molecule has 0 bridgehead atoms. The van der Waals surface area contributed by atoms with Crippen LogP contribution in [0.1, 0.15) is 9.67 Å². The molecule has 0 atom stereocenters. The maximum absolute atomic E-state index is 12.5. The van der Waals surface area contributed by atoms with Crippen molar-refractivity contribution in [2.75, 3.05) is 5.32 Å². The second kappa shape index (κ2) is 7.37. The lowest BCUT2D eigenvalue weighted by Gasteiger charge is -2.04. The van der Waals surface area contributed by atoms with Gasteiger partial charge in [0.15, 0.2) is 0 Å². The summed E-state index contributed by atoms with van der Waals surface area (Å²) in [5, 5.41) is 7.02. The number of carbonyl (C=O) groups excluding carboxylic acids is 1. The van der Waals surface area contributed by atoms with Gasteiger partial charge < -0.3 is 5.32 Å². The molecule has 3 heterocycles. The highest BCUT2D eigenvalue weighted by Crippen LogP contribution is 2.38. The molecule has 0 unspecified atom stereocenters. The molecule has 4 nitrogen and oxygen atoms in total. The fourth-order valence-corrected chi connectivity index (χ4v) is 4.11. The van der Waals surface area contributed by atoms with Crippen LogP contribution in [0.15, 0.2) is 66.3 Å². The number of pyridine rings is 1. The van der Waals surface area contributed by atoms with Gasteiger partial charge in [-0.05, 0) is 35.7 Å². The predicted octanol–water partition coefficient (Wildman–Crippen LogP) is 5.84. The Kier molecular flexibility index (Phi) is 4.79. The van der Waals surface area contributed by atoms with Crippen molar-refractivity contribution in [1.29, 1.82) is 0 Å². The van der Waals surface area contributed by atoms with Gasteiger partial charge in [-0.3, -0.25) is 9.78 Å². The van der Waals surface area contributed by atoms with Gasteiger partial charge in [0.05, 0.1) is 4.88 Å². The zero-order valence-electron chi connectivity index (χ0n) is 13.3. The number of thiazole rings is 1. The summed E-state index contributed by atoms with van der Waals surface area (Å²) in [7, 11) is 0. The Labute approximate surface area is 163 Å². The number of carbonyl (C=O) groups is 1. The zero-order chi connectivity index (χ0) is 17.9. The van der Waals surface area contributed by atoms with Crippen LogP contribution in [0.3, 0.4) is 0 Å². The number of amides is 1. The van der Waals surface area contributed by atoms with Crippen molar-refractivity contribution in [3.63, 3.8) is 0 Å². The SMILES string of the molecule is O=C(Nc1sc(-c2cccnc2)nc1-c1ccc(Cl)cc1)c1cccs1. The third kappa shape index (κ3) is 3.53. The highest BCUT2D eigenvalue weighted by Gasteiger charge is 2.18. The van der Waals surface area contributed by atoms with E-state index >= 15 is 0 Å². The topological polar surface area (TPSA) is 54.9 Å². The Balaban J connectivity index is 1.76. The number of halogens is 1. The van der Waals surface area contributed by atoms with Crippen molar-refractivity contribution in [1.82, 2.24) is 9.97 Å². The van der Waals surface area contributed by atoms with Gasteiger partial charge in [0.2, 0.25) is 0 Å². The van der Waals surface area contributed by atoms with Crippen LogP contribution in [0.4, 0.5) is 5.00 Å². The number of thiophene rings is 1. The van der Waals surface area contributed by atoms with E-state index in [0.29, 0.717) is 14.9 Å². The number of hydrogen-bond donors (Lipinski definition) is 1. The number of nitrogens with zero attached hydrogens (tertiary/aromatic N) is 2. The molecule has 4 aromatic rings. The van der Waals surface area contributed by atoms with E-state index in [1.807, 2.05) is 47.8 Å². The van der Waals surface area contributed by atoms with Gasteiger partial charge in [0, 0.05) is 28.5 Å². The molecule has 0 saturated heterocycles. The van der Waals surface area contributed by atoms with Gasteiger partial charge in [0.1, 0.15) is 15.7 Å². The van der Waals surface area contributed by atoms with Crippen molar-refractivity contribution >= 4 is 45.2 Å². The lowest BCUT2D eigenvalue weighted by atomic mass is 10.1. The lowest BCUT2D eigenvalue weighted by molar-refractivity contribution is 0.103. The Morgan fingerprint density at radius 2 is 1.88 bits per heavy atom. The molecular formula is C19H12ClN3OS2. The first kappa shape index (κ1) is 16.9. The predicted molar refractivity (Wildman–Crippen MR) is 108 cm³/mol. The van der Waals surface area contributed by atoms with E-state index < -0.39 is 0 Å². The first-order chi connectivity index (χ1) is 12.7. The Morgan fingerprint density at radius 3 is 2.58 bits per heavy atom. The minimum Gasteiger partial charge on any atom is -0.311 e. The summed E-state index contributed by atoms with van der Waals surface area (Å²) in [5.74, 6) is -0.142. The Bertz CT molecular complexity index is 1030. The third-order valence-electron chi connectivity index (χ3n) is 3.63. The summed E-state index contributed by atoms with van der Waals surface area (Å²) in [6.07, 6.45) is 3.48. The van der Waals surface area contributed by atoms with Gasteiger partial charge >= 0.3 is 0 Å². The quantitative estimate of drug-likeness (QED) is 0.470. The van der Waals surface area contributed by atoms with Crippen LogP contribution >= 0.6 is 34.3 Å². The highest BCUT2D eigenvalue weighted by molar-refractivity contribution is 7.19. The maximum atomic E-state index is 12.5. The summed E-state index contributed by atoms with van der Waals surface area (Å²) >= 11 is 8.83. The molecule has 0 aliphatic rings. The molecule has 26 heavy (non-hydrogen) atoms. The molecule has 0 spiro atoms. The summed E-state index contributed by atoms with van der Waals surface area (Å²) in [5.41, 5.74) is 2.52. The van der Waals surface area contributed by atoms with E-state index in [-0.39, 0.29) is 5.91 Å². The van der Waals surface area contributed by atoms with Crippen LogP contribution in [-0.4, -0.2) is 15.9 Å². The third-order valence-corrected chi connectivity index (χ3v) is 5.77. The summed E-state index contributed by atoms with van der Waals surface area (Å²) in [6, 6.07) is 14.9. The molecule has 1 amide bonds. The van der Waals surface area contributed by atoms with Crippen molar-refractivity contribution < 1.29 is 4.79 Å². The van der Waals surface area contributed by atoms with E-state index in [1.54, 1.807) is 18.5 Å². The Hall–Kier alpha value is -2.54. The minimum absolute atomic E-state index is 0.142. The molecule has 4 rings (SSSR count). The molecule has 0 fully saturated rings. The molecular weight excluding hydrogens is 386 g/mol. The van der Waals surface area contributed by atoms with Crippen molar-refractivity contribution in [2.24, 2.45) is 0 Å². The summed E-state index contributed by atoms with van der Waals surface area (Å²) < 4.78 is 0. The minimum atomic E-state index is -0.142. The van der Waals surface area contributed by atoms with Crippen molar-refractivity contribution in [3.05, 3.63) is 76.2 Å². The van der Waals surface area contributed by atoms with E-state index in [9.17, 15) is 4.79 Å². The molecule has 0 saturated carbocycles. The number of rotatable bonds is 4. The average molecular weight is 398 g/mol. The number of benzene rings is 1. The van der Waals surface area contributed by atoms with E-state index in [4.69, 9.17) is 16.6 Å². The van der Waals surface area contributed by atoms with E-state index in [1.165, 1.54) is 22.7 Å². The molecule has 7 heteroatoms. The Morgan fingerprint density at radius 1 is 1.04 bits per heavy atom. The second-order valence-electron chi connectivity index (χ2n) is 5.38. The highest BCUT2D eigenvalue weighted by atomic mass is 35.5. The van der Waals surface area contributed by atoms with E-state index in [0.717, 1.165) is 21.8 Å². The molecule has 3 aromatic heterocycles. The number of anilines is 1. The van der Waals surface area contributed by atoms with Crippen LogP contribution < -0.4 is 5.32 Å².